The van der Waals surface area contributed by atoms with E-state index in [-0.39, 0.29) is 11.1 Å². The summed E-state index contributed by atoms with van der Waals surface area (Å²) in [5.74, 6) is 1.96. The molecule has 6 aromatic rings. The summed E-state index contributed by atoms with van der Waals surface area (Å²) in [5.41, 5.74) is 5.51. The number of ether oxygens (including phenoxy) is 1. The zero-order valence-corrected chi connectivity index (χ0v) is 22.8. The third-order valence-corrected chi connectivity index (χ3v) is 7.54. The Morgan fingerprint density at radius 2 is 1.52 bits per heavy atom. The summed E-state index contributed by atoms with van der Waals surface area (Å²) in [6.07, 6.45) is 1.56. The number of pyridine rings is 1. The highest BCUT2D eigenvalue weighted by Crippen LogP contribution is 2.44. The lowest BCUT2D eigenvalue weighted by molar-refractivity contribution is 0.483. The van der Waals surface area contributed by atoms with E-state index in [0.717, 1.165) is 39.9 Å². The van der Waals surface area contributed by atoms with Crippen LogP contribution in [0.15, 0.2) is 109 Å². The van der Waals surface area contributed by atoms with Crippen LogP contribution in [-0.2, 0) is 0 Å². The fraction of sp³-hybridized carbons (Fsp3) is 0.171. The minimum absolute atomic E-state index is 0.0231. The van der Waals surface area contributed by atoms with Crippen LogP contribution >= 0.6 is 0 Å². The Hall–Kier alpha value is -4.77. The molecule has 198 valence electrons. The molecule has 0 fully saturated rings. The second-order valence-corrected chi connectivity index (χ2v) is 11.2. The molecule has 7 rings (SSSR count). The molecule has 0 aliphatic carbocycles. The molecule has 0 bridgehead atoms. The van der Waals surface area contributed by atoms with E-state index < -0.39 is 6.85 Å². The van der Waals surface area contributed by atoms with Gasteiger partial charge in [0.05, 0.1) is 29.1 Å². The first-order valence-corrected chi connectivity index (χ1v) is 13.5. The summed E-state index contributed by atoms with van der Waals surface area (Å²) in [7, 11) is 0. The van der Waals surface area contributed by atoms with Crippen LogP contribution in [0, 0.1) is 6.85 Å². The van der Waals surface area contributed by atoms with Crippen molar-refractivity contribution in [3.63, 3.8) is 0 Å². The topological polar surface area (TPSA) is 33.5 Å². The third-order valence-electron chi connectivity index (χ3n) is 7.54. The van der Waals surface area contributed by atoms with Crippen LogP contribution in [-0.4, -0.2) is 21.8 Å². The van der Waals surface area contributed by atoms with Gasteiger partial charge in [0.1, 0.15) is 17.3 Å². The molecule has 0 saturated heterocycles. The Morgan fingerprint density at radius 3 is 2.38 bits per heavy atom. The minimum Gasteiger partial charge on any atom is -0.457 e. The van der Waals surface area contributed by atoms with Crippen LogP contribution in [0.2, 0.25) is 0 Å². The van der Waals surface area contributed by atoms with Crippen LogP contribution in [0.5, 0.6) is 11.5 Å². The highest BCUT2D eigenvalue weighted by Gasteiger charge is 2.33. The molecule has 1 aliphatic rings. The van der Waals surface area contributed by atoms with Gasteiger partial charge >= 0.3 is 0 Å². The molecule has 0 N–H and O–H groups in total. The van der Waals surface area contributed by atoms with Crippen molar-refractivity contribution in [1.82, 2.24) is 9.55 Å². The van der Waals surface area contributed by atoms with Gasteiger partial charge in [-0.25, -0.2) is 4.98 Å². The van der Waals surface area contributed by atoms with E-state index in [1.807, 2.05) is 47.0 Å². The summed E-state index contributed by atoms with van der Waals surface area (Å²) in [6.45, 7) is 5.22. The first-order chi connectivity index (χ1) is 20.6. The third kappa shape index (κ3) is 4.06. The van der Waals surface area contributed by atoms with E-state index >= 15 is 0 Å². The number of anilines is 3. The molecule has 1 aliphatic heterocycles. The fourth-order valence-electron chi connectivity index (χ4n) is 5.66. The van der Waals surface area contributed by atoms with E-state index in [1.54, 1.807) is 18.3 Å². The number of fused-ring (bicyclic) bond motifs is 4. The molecule has 4 aromatic carbocycles. The number of hydrogen-bond donors (Lipinski definition) is 0. The number of aryl methyl sites for hydroxylation is 1. The smallest absolute Gasteiger partial charge is 0.137 e. The van der Waals surface area contributed by atoms with Crippen molar-refractivity contribution in [3.8, 4) is 17.3 Å². The van der Waals surface area contributed by atoms with Crippen LogP contribution in [0.4, 0.5) is 17.1 Å². The summed E-state index contributed by atoms with van der Waals surface area (Å²) in [6, 6.07) is 34.0. The van der Waals surface area contributed by atoms with Gasteiger partial charge < -0.3 is 14.5 Å². The van der Waals surface area contributed by atoms with Crippen LogP contribution in [0.1, 0.15) is 30.4 Å². The maximum absolute atomic E-state index is 7.91. The maximum Gasteiger partial charge on any atom is 0.137 e. The molecule has 0 unspecified atom stereocenters. The normalized spacial score (nSPS) is 14.7. The largest absolute Gasteiger partial charge is 0.457 e. The van der Waals surface area contributed by atoms with Gasteiger partial charge in [0.15, 0.2) is 0 Å². The summed E-state index contributed by atoms with van der Waals surface area (Å²) in [5, 5.41) is 2.09. The second-order valence-electron chi connectivity index (χ2n) is 11.2. The van der Waals surface area contributed by atoms with Gasteiger partial charge in [-0.15, -0.1) is 0 Å². The van der Waals surface area contributed by atoms with Crippen molar-refractivity contribution in [3.05, 3.63) is 115 Å². The number of para-hydroxylation sites is 3. The molecule has 0 spiro atoms. The van der Waals surface area contributed by atoms with Gasteiger partial charge in [-0.2, -0.15) is 0 Å². The van der Waals surface area contributed by atoms with Crippen LogP contribution in [0.25, 0.3) is 27.6 Å². The monoisotopic (exact) mass is 527 g/mol. The molecular formula is C35H32N4O. The number of hydrogen-bond acceptors (Lipinski definition) is 4. The Morgan fingerprint density at radius 1 is 0.750 bits per heavy atom. The first kappa shape index (κ1) is 21.1. The van der Waals surface area contributed by atoms with Gasteiger partial charge in [-0.05, 0) is 87.8 Å². The van der Waals surface area contributed by atoms with E-state index in [4.69, 9.17) is 8.85 Å². The lowest BCUT2D eigenvalue weighted by Crippen LogP contribution is -2.42. The molecule has 40 heavy (non-hydrogen) atoms. The Bertz CT molecular complexity index is 1990. The van der Waals surface area contributed by atoms with Gasteiger partial charge in [-0.1, -0.05) is 36.4 Å². The van der Waals surface area contributed by atoms with E-state index in [2.05, 4.69) is 84.1 Å². The fourth-order valence-corrected chi connectivity index (χ4v) is 5.66. The Labute approximate surface area is 239 Å². The molecule has 5 nitrogen and oxygen atoms in total. The predicted molar refractivity (Wildman–Crippen MR) is 166 cm³/mol. The van der Waals surface area contributed by atoms with Crippen LogP contribution in [0.3, 0.4) is 0 Å². The quantitative estimate of drug-likeness (QED) is 0.229. The number of benzene rings is 4. The van der Waals surface area contributed by atoms with Crippen molar-refractivity contribution in [2.24, 2.45) is 0 Å². The molecule has 0 saturated carbocycles. The number of nitrogens with zero attached hydrogens (tertiary/aromatic N) is 4. The van der Waals surface area contributed by atoms with Gasteiger partial charge in [0.2, 0.25) is 0 Å². The molecular weight excluding hydrogens is 492 g/mol. The predicted octanol–water partition coefficient (Wildman–Crippen LogP) is 8.99. The SMILES string of the molecule is [2H]C([2H])([2H])c1ccnc(-n2c3ccccc3c3ccc(Oc4cccc(N5CN(C(C)(C)C)c6ccccc65)c4)cc32)c1. The average Bonchev–Trinajstić information content (AvgIpc) is 3.53. The van der Waals surface area contributed by atoms with Gasteiger partial charge in [-0.3, -0.25) is 4.57 Å². The summed E-state index contributed by atoms with van der Waals surface area (Å²) < 4.78 is 32.2. The van der Waals surface area contributed by atoms with E-state index in [9.17, 15) is 0 Å². The lowest BCUT2D eigenvalue weighted by atomic mass is 10.1. The maximum atomic E-state index is 7.91. The van der Waals surface area contributed by atoms with Crippen LogP contribution < -0.4 is 14.5 Å². The van der Waals surface area contributed by atoms with E-state index in [0.29, 0.717) is 11.6 Å². The molecule has 2 aromatic heterocycles. The minimum atomic E-state index is -2.23. The number of aromatic nitrogens is 2. The molecule has 3 heterocycles. The van der Waals surface area contributed by atoms with Crippen molar-refractivity contribution < 1.29 is 8.85 Å². The second kappa shape index (κ2) is 9.16. The molecule has 0 radical (unpaired) electrons. The molecule has 5 heteroatoms. The average molecular weight is 528 g/mol. The van der Waals surface area contributed by atoms with Crippen molar-refractivity contribution in [2.75, 3.05) is 16.5 Å². The zero-order valence-electron chi connectivity index (χ0n) is 25.8. The highest BCUT2D eigenvalue weighted by atomic mass is 16.5. The standard InChI is InChI=1S/C35H32N4O/c1-24-18-19-36-34(20-24)39-30-13-6-5-12-28(30)29-17-16-27(22-33(29)39)40-26-11-9-10-25(21-26)37-23-38(35(2,3)4)32-15-8-7-14-31(32)37/h5-22H,23H2,1-4H3/i1D3. The molecule has 0 amide bonds. The Kier molecular flexibility index (Phi) is 4.83. The highest BCUT2D eigenvalue weighted by molar-refractivity contribution is 6.09. The van der Waals surface area contributed by atoms with Gasteiger partial charge in [0.25, 0.3) is 0 Å². The van der Waals surface area contributed by atoms with Crippen molar-refractivity contribution in [2.45, 2.75) is 33.2 Å². The lowest BCUT2D eigenvalue weighted by Gasteiger charge is -2.34. The van der Waals surface area contributed by atoms with Crippen molar-refractivity contribution in [1.29, 1.82) is 0 Å². The summed E-state index contributed by atoms with van der Waals surface area (Å²) in [4.78, 5) is 9.30. The number of rotatable bonds is 4. The Balaban J connectivity index is 1.28. The first-order valence-electron chi connectivity index (χ1n) is 15.0. The van der Waals surface area contributed by atoms with Crippen molar-refractivity contribution >= 4 is 38.9 Å². The van der Waals surface area contributed by atoms with Gasteiger partial charge in [0, 0.05) is 44.4 Å². The van der Waals surface area contributed by atoms with E-state index in [1.165, 1.54) is 11.4 Å². The molecule has 0 atom stereocenters. The zero-order chi connectivity index (χ0) is 29.9. The summed E-state index contributed by atoms with van der Waals surface area (Å²) >= 11 is 0.